The van der Waals surface area contributed by atoms with Crippen molar-refractivity contribution in [3.05, 3.63) is 89.2 Å². The quantitative estimate of drug-likeness (QED) is 0.411. The number of benzene rings is 2. The van der Waals surface area contributed by atoms with Crippen LogP contribution in [-0.2, 0) is 15.7 Å². The topological polar surface area (TPSA) is 68.7 Å². The lowest BCUT2D eigenvalue weighted by atomic mass is 9.80. The molecule has 6 rings (SSSR count). The summed E-state index contributed by atoms with van der Waals surface area (Å²) >= 11 is 0. The third-order valence-electron chi connectivity index (χ3n) is 7.78. The number of hydrogen-bond acceptors (Lipinski definition) is 5. The average Bonchev–Trinajstić information content (AvgIpc) is 3.23. The first kappa shape index (κ1) is 24.6. The van der Waals surface area contributed by atoms with Gasteiger partial charge in [0.15, 0.2) is 11.5 Å². The largest absolute Gasteiger partial charge is 0.448 e. The van der Waals surface area contributed by atoms with E-state index < -0.39 is 47.3 Å². The Kier molecular flexibility index (Phi) is 6.18. The number of amides is 1. The highest BCUT2D eigenvalue weighted by Gasteiger charge is 2.46. The number of halogens is 3. The highest BCUT2D eigenvalue weighted by atomic mass is 19.4. The molecule has 1 amide bonds. The molecule has 9 heteroatoms. The smallest absolute Gasteiger partial charge is 0.434 e. The summed E-state index contributed by atoms with van der Waals surface area (Å²) in [6.45, 7) is 0.559. The van der Waals surface area contributed by atoms with Crippen molar-refractivity contribution in [1.82, 2.24) is 9.88 Å². The van der Waals surface area contributed by atoms with Crippen LogP contribution in [0.4, 0.5) is 18.0 Å². The number of nitrogens with zero attached hydrogens (tertiary/aromatic N) is 2. The minimum absolute atomic E-state index is 0.0899. The Labute approximate surface area is 217 Å². The number of ether oxygens (including phenoxy) is 2. The summed E-state index contributed by atoms with van der Waals surface area (Å²) in [4.78, 5) is 31.6. The molecule has 3 aromatic rings. The van der Waals surface area contributed by atoms with Crippen LogP contribution in [0.15, 0.2) is 66.9 Å². The third kappa shape index (κ3) is 4.24. The highest BCUT2D eigenvalue weighted by molar-refractivity contribution is 5.99. The fraction of sp³-hybridized carbons (Fsp3) is 0.345. The number of morpholine rings is 1. The Hall–Kier alpha value is -3.72. The maximum atomic E-state index is 13.5. The molecule has 2 unspecified atom stereocenters. The number of carbonyl (C=O) groups is 2. The number of rotatable bonds is 4. The van der Waals surface area contributed by atoms with E-state index >= 15 is 0 Å². The second kappa shape index (κ2) is 9.54. The molecule has 2 fully saturated rings. The first-order chi connectivity index (χ1) is 18.3. The van der Waals surface area contributed by atoms with Crippen LogP contribution >= 0.6 is 0 Å². The first-order valence-corrected chi connectivity index (χ1v) is 12.6. The lowest BCUT2D eigenvalue weighted by molar-refractivity contribution is -0.141. The number of Topliss-reactive ketones (excluding diaryl/α,β-unsaturated/α-hetero) is 1. The molecule has 0 N–H and O–H groups in total. The minimum Gasteiger partial charge on any atom is -0.448 e. The number of aromatic nitrogens is 1. The standard InChI is InChI=1S/C29H25F3N2O4/c30-29(31,32)27-24(10-5-11-33-27)26(35)17-12-18-14-37-15-19(13-17)34(18)28(36)38-16-25-22-8-3-1-6-20(22)21-7-2-4-9-23(21)25/h1-11,17-19,25H,12-16H2. The molecule has 38 heavy (non-hydrogen) atoms. The molecule has 2 atom stereocenters. The van der Waals surface area contributed by atoms with Gasteiger partial charge in [0.25, 0.3) is 0 Å². The van der Waals surface area contributed by atoms with Crippen molar-refractivity contribution in [3.63, 3.8) is 0 Å². The van der Waals surface area contributed by atoms with E-state index in [0.29, 0.717) is 0 Å². The van der Waals surface area contributed by atoms with Crippen LogP contribution in [0.2, 0.25) is 0 Å². The number of carbonyl (C=O) groups excluding carboxylic acids is 2. The summed E-state index contributed by atoms with van der Waals surface area (Å²) in [5, 5.41) is 0. The lowest BCUT2D eigenvalue weighted by Gasteiger charge is -2.47. The molecule has 3 aliphatic rings. The van der Waals surface area contributed by atoms with Gasteiger partial charge in [-0.2, -0.15) is 13.2 Å². The van der Waals surface area contributed by atoms with Gasteiger partial charge >= 0.3 is 12.3 Å². The molecule has 0 saturated carbocycles. The van der Waals surface area contributed by atoms with Gasteiger partial charge in [-0.3, -0.25) is 14.7 Å². The van der Waals surface area contributed by atoms with Crippen LogP contribution in [0.25, 0.3) is 11.1 Å². The molecule has 3 heterocycles. The lowest BCUT2D eigenvalue weighted by Crippen LogP contribution is -2.60. The molecule has 0 spiro atoms. The van der Waals surface area contributed by atoms with Crippen LogP contribution in [0.3, 0.4) is 0 Å². The molecule has 1 aromatic heterocycles. The summed E-state index contributed by atoms with van der Waals surface area (Å²) in [6.07, 6.45) is -3.79. The van der Waals surface area contributed by atoms with Crippen LogP contribution in [0, 0.1) is 5.92 Å². The Balaban J connectivity index is 1.18. The monoisotopic (exact) mass is 522 g/mol. The van der Waals surface area contributed by atoms with Crippen molar-refractivity contribution in [2.24, 2.45) is 5.92 Å². The van der Waals surface area contributed by atoms with Gasteiger partial charge < -0.3 is 9.47 Å². The van der Waals surface area contributed by atoms with E-state index in [4.69, 9.17) is 9.47 Å². The zero-order chi connectivity index (χ0) is 26.4. The van der Waals surface area contributed by atoms with Crippen molar-refractivity contribution >= 4 is 11.9 Å². The molecule has 2 aromatic carbocycles. The van der Waals surface area contributed by atoms with Gasteiger partial charge in [0.1, 0.15) is 6.61 Å². The fourth-order valence-electron chi connectivity index (χ4n) is 6.15. The van der Waals surface area contributed by atoms with Crippen molar-refractivity contribution in [1.29, 1.82) is 0 Å². The average molecular weight is 523 g/mol. The van der Waals surface area contributed by atoms with Crippen molar-refractivity contribution in [3.8, 4) is 11.1 Å². The fourth-order valence-corrected chi connectivity index (χ4v) is 6.15. The number of fused-ring (bicyclic) bond motifs is 5. The predicted octanol–water partition coefficient (Wildman–Crippen LogP) is 5.71. The van der Waals surface area contributed by atoms with E-state index in [1.54, 1.807) is 4.90 Å². The molecule has 196 valence electrons. The van der Waals surface area contributed by atoms with Crippen LogP contribution in [0.1, 0.15) is 45.9 Å². The van der Waals surface area contributed by atoms with E-state index in [9.17, 15) is 22.8 Å². The number of ketones is 1. The van der Waals surface area contributed by atoms with Gasteiger partial charge in [-0.1, -0.05) is 48.5 Å². The molecule has 2 saturated heterocycles. The van der Waals surface area contributed by atoms with Gasteiger partial charge in [-0.05, 0) is 47.2 Å². The zero-order valence-electron chi connectivity index (χ0n) is 20.4. The maximum absolute atomic E-state index is 13.5. The molecule has 0 radical (unpaired) electrons. The van der Waals surface area contributed by atoms with E-state index in [1.165, 1.54) is 12.1 Å². The Bertz CT molecular complexity index is 1330. The molecule has 2 aliphatic heterocycles. The van der Waals surface area contributed by atoms with Crippen molar-refractivity contribution in [2.45, 2.75) is 37.0 Å². The molecular weight excluding hydrogens is 497 g/mol. The SMILES string of the molecule is O=C(c1cccnc1C(F)(F)F)C1CC2COCC(C1)N2C(=O)OCC1c2ccccc2-c2ccccc21. The minimum atomic E-state index is -4.73. The summed E-state index contributed by atoms with van der Waals surface area (Å²) < 4.78 is 51.9. The first-order valence-electron chi connectivity index (χ1n) is 12.6. The van der Waals surface area contributed by atoms with E-state index in [-0.39, 0.29) is 38.6 Å². The third-order valence-corrected chi connectivity index (χ3v) is 7.78. The van der Waals surface area contributed by atoms with Crippen molar-refractivity contribution in [2.75, 3.05) is 19.8 Å². The van der Waals surface area contributed by atoms with Gasteiger partial charge in [-0.25, -0.2) is 4.79 Å². The number of piperidine rings is 1. The molecule has 1 aliphatic carbocycles. The summed E-state index contributed by atoms with van der Waals surface area (Å²) in [6, 6.07) is 17.7. The van der Waals surface area contributed by atoms with E-state index in [2.05, 4.69) is 17.1 Å². The van der Waals surface area contributed by atoms with E-state index in [0.717, 1.165) is 28.5 Å². The van der Waals surface area contributed by atoms with Crippen molar-refractivity contribution < 1.29 is 32.2 Å². The van der Waals surface area contributed by atoms with Gasteiger partial charge in [0.05, 0.1) is 25.3 Å². The molecule has 6 nitrogen and oxygen atoms in total. The maximum Gasteiger partial charge on any atom is 0.434 e. The van der Waals surface area contributed by atoms with Gasteiger partial charge in [0, 0.05) is 23.6 Å². The van der Waals surface area contributed by atoms with Gasteiger partial charge in [-0.15, -0.1) is 0 Å². The highest BCUT2D eigenvalue weighted by Crippen LogP contribution is 2.45. The molecular formula is C29H25F3N2O4. The number of pyridine rings is 1. The number of hydrogen-bond donors (Lipinski definition) is 0. The van der Waals surface area contributed by atoms with E-state index in [1.807, 2.05) is 36.4 Å². The normalized spacial score (nSPS) is 22.5. The Morgan fingerprint density at radius 2 is 1.53 bits per heavy atom. The summed E-state index contributed by atoms with van der Waals surface area (Å²) in [5.74, 6) is -1.36. The zero-order valence-corrected chi connectivity index (χ0v) is 20.4. The van der Waals surface area contributed by atoms with Crippen LogP contribution < -0.4 is 0 Å². The van der Waals surface area contributed by atoms with Crippen LogP contribution in [0.5, 0.6) is 0 Å². The second-order valence-corrected chi connectivity index (χ2v) is 9.99. The summed E-state index contributed by atoms with van der Waals surface area (Å²) in [7, 11) is 0. The van der Waals surface area contributed by atoms with Gasteiger partial charge in [0.2, 0.25) is 0 Å². The van der Waals surface area contributed by atoms with Crippen LogP contribution in [-0.4, -0.2) is 53.7 Å². The molecule has 2 bridgehead atoms. The second-order valence-electron chi connectivity index (χ2n) is 9.99. The Morgan fingerprint density at radius 3 is 2.13 bits per heavy atom. The summed E-state index contributed by atoms with van der Waals surface area (Å²) in [5.41, 5.74) is 2.85. The number of alkyl halides is 3. The Morgan fingerprint density at radius 1 is 0.921 bits per heavy atom. The predicted molar refractivity (Wildman–Crippen MR) is 132 cm³/mol.